The molecule has 0 aromatic heterocycles. The van der Waals surface area contributed by atoms with Gasteiger partial charge in [0.2, 0.25) is 0 Å². The number of rotatable bonds is 7. The Balaban J connectivity index is 1.82. The van der Waals surface area contributed by atoms with Crippen molar-refractivity contribution in [3.63, 3.8) is 0 Å². The second-order valence-electron chi connectivity index (χ2n) is 9.61. The number of ether oxygens (including phenoxy) is 1. The van der Waals surface area contributed by atoms with Gasteiger partial charge in [-0.15, -0.1) is 0 Å². The van der Waals surface area contributed by atoms with Gasteiger partial charge in [-0.2, -0.15) is 8.42 Å². The molecular formula is C28H32N2O6S2. The Morgan fingerprint density at radius 1 is 0.789 bits per heavy atom. The maximum absolute atomic E-state index is 13.6. The molecule has 0 bridgehead atoms. The van der Waals surface area contributed by atoms with Crippen LogP contribution in [0.5, 0.6) is 11.5 Å². The first-order valence-electron chi connectivity index (χ1n) is 12.8. The minimum absolute atomic E-state index is 0.0907. The van der Waals surface area contributed by atoms with Gasteiger partial charge in [-0.1, -0.05) is 18.2 Å². The van der Waals surface area contributed by atoms with Crippen LogP contribution in [0.2, 0.25) is 0 Å². The molecule has 2 aliphatic rings. The van der Waals surface area contributed by atoms with Gasteiger partial charge in [-0.3, -0.25) is 4.55 Å². The number of benzene rings is 3. The Hall–Kier alpha value is -3.08. The van der Waals surface area contributed by atoms with Crippen molar-refractivity contribution in [3.8, 4) is 11.5 Å². The molecule has 0 radical (unpaired) electrons. The van der Waals surface area contributed by atoms with E-state index in [4.69, 9.17) is 4.74 Å². The second-order valence-corrected chi connectivity index (χ2v) is 13.0. The summed E-state index contributed by atoms with van der Waals surface area (Å²) < 4.78 is 67.1. The molecule has 10 heteroatoms. The highest BCUT2D eigenvalue weighted by molar-refractivity contribution is 7.92. The molecule has 3 aromatic carbocycles. The van der Waals surface area contributed by atoms with Crippen LogP contribution in [0, 0.1) is 0 Å². The number of hydrogen-bond acceptors (Lipinski definition) is 7. The summed E-state index contributed by atoms with van der Waals surface area (Å²) in [6.45, 7) is 11.5. The van der Waals surface area contributed by atoms with Crippen molar-refractivity contribution < 1.29 is 26.1 Å². The van der Waals surface area contributed by atoms with Crippen molar-refractivity contribution in [2.24, 2.45) is 0 Å². The minimum Gasteiger partial charge on any atom is -0.457 e. The van der Waals surface area contributed by atoms with Crippen molar-refractivity contribution >= 4 is 31.3 Å². The van der Waals surface area contributed by atoms with Crippen LogP contribution in [0.4, 0.5) is 11.4 Å². The molecule has 0 amide bonds. The lowest BCUT2D eigenvalue weighted by Crippen LogP contribution is -2.35. The van der Waals surface area contributed by atoms with E-state index >= 15 is 0 Å². The van der Waals surface area contributed by atoms with E-state index in [0.717, 1.165) is 43.6 Å². The molecule has 8 nitrogen and oxygen atoms in total. The number of sulfone groups is 1. The fourth-order valence-electron chi connectivity index (χ4n) is 5.89. The van der Waals surface area contributed by atoms with Crippen molar-refractivity contribution in [1.82, 2.24) is 0 Å². The van der Waals surface area contributed by atoms with E-state index < -0.39 is 30.3 Å². The van der Waals surface area contributed by atoms with Crippen LogP contribution in [0.3, 0.4) is 0 Å². The predicted octanol–water partition coefficient (Wildman–Crippen LogP) is 4.85. The van der Waals surface area contributed by atoms with Gasteiger partial charge in [0.05, 0.1) is 21.0 Å². The lowest BCUT2D eigenvalue weighted by Gasteiger charge is -2.38. The number of fused-ring (bicyclic) bond motifs is 6. The van der Waals surface area contributed by atoms with Gasteiger partial charge in [0.25, 0.3) is 10.1 Å². The van der Waals surface area contributed by atoms with E-state index in [1.54, 1.807) is 0 Å². The van der Waals surface area contributed by atoms with Gasteiger partial charge >= 0.3 is 0 Å². The summed E-state index contributed by atoms with van der Waals surface area (Å²) >= 11 is 0. The molecule has 0 saturated carbocycles. The van der Waals surface area contributed by atoms with E-state index in [9.17, 15) is 21.4 Å². The maximum atomic E-state index is 13.6. The van der Waals surface area contributed by atoms with Crippen molar-refractivity contribution in [2.75, 3.05) is 41.7 Å². The van der Waals surface area contributed by atoms with Gasteiger partial charge in [0, 0.05) is 60.8 Å². The smallest absolute Gasteiger partial charge is 0.294 e. The van der Waals surface area contributed by atoms with Crippen LogP contribution in [0.25, 0.3) is 0 Å². The molecule has 0 unspecified atom stereocenters. The Bertz CT molecular complexity index is 1560. The maximum Gasteiger partial charge on any atom is 0.294 e. The first kappa shape index (κ1) is 26.5. The number of nitrogens with zero attached hydrogens (tertiary/aromatic N) is 2. The molecule has 2 heterocycles. The highest BCUT2D eigenvalue weighted by Crippen LogP contribution is 2.58. The summed E-state index contributed by atoms with van der Waals surface area (Å²) in [6.07, 6.45) is 0. The lowest BCUT2D eigenvalue weighted by atomic mass is 9.69. The monoisotopic (exact) mass is 556 g/mol. The molecule has 0 aliphatic carbocycles. The quantitative estimate of drug-likeness (QED) is 0.412. The summed E-state index contributed by atoms with van der Waals surface area (Å²) in [5.74, 6) is 0.865. The van der Waals surface area contributed by atoms with E-state index in [1.807, 2.05) is 36.4 Å². The van der Waals surface area contributed by atoms with Crippen molar-refractivity contribution in [3.05, 3.63) is 71.3 Å². The molecule has 0 saturated heterocycles. The molecule has 3 aromatic rings. The molecule has 1 N–H and O–H groups in total. The summed E-state index contributed by atoms with van der Waals surface area (Å²) in [5, 5.41) is 0. The van der Waals surface area contributed by atoms with Crippen LogP contribution < -0.4 is 14.5 Å². The highest BCUT2D eigenvalue weighted by atomic mass is 32.2. The SMILES string of the molecule is CCN(CC)c1ccc2c(c1)Oc1cc(N(CC)CC)ccc1C21CS(=O)(=O)c2cc(S(=O)(=O)O)ccc21. The van der Waals surface area contributed by atoms with Crippen LogP contribution in [-0.2, 0) is 25.4 Å². The topological polar surface area (TPSA) is 104 Å². The van der Waals surface area contributed by atoms with Crippen LogP contribution in [0.1, 0.15) is 44.4 Å². The molecule has 0 fully saturated rings. The van der Waals surface area contributed by atoms with Gasteiger partial charge < -0.3 is 14.5 Å². The van der Waals surface area contributed by atoms with Crippen molar-refractivity contribution in [2.45, 2.75) is 42.9 Å². The minimum atomic E-state index is -4.58. The third kappa shape index (κ3) is 3.97. The van der Waals surface area contributed by atoms with Gasteiger partial charge in [0.15, 0.2) is 9.84 Å². The first-order valence-corrected chi connectivity index (χ1v) is 15.9. The molecule has 0 atom stereocenters. The van der Waals surface area contributed by atoms with E-state index in [2.05, 4.69) is 37.5 Å². The summed E-state index contributed by atoms with van der Waals surface area (Å²) in [7, 11) is -8.49. The summed E-state index contributed by atoms with van der Waals surface area (Å²) in [6, 6.07) is 15.5. The second kappa shape index (κ2) is 9.29. The highest BCUT2D eigenvalue weighted by Gasteiger charge is 2.54. The lowest BCUT2D eigenvalue weighted by molar-refractivity contribution is 0.428. The number of hydrogen-bond donors (Lipinski definition) is 1. The fourth-order valence-corrected chi connectivity index (χ4v) is 8.55. The van der Waals surface area contributed by atoms with Crippen LogP contribution in [-0.4, -0.2) is 53.3 Å². The van der Waals surface area contributed by atoms with E-state index in [1.165, 1.54) is 12.1 Å². The van der Waals surface area contributed by atoms with E-state index in [-0.39, 0.29) is 10.6 Å². The van der Waals surface area contributed by atoms with Gasteiger partial charge in [0.1, 0.15) is 11.5 Å². The molecule has 2 aliphatic heterocycles. The van der Waals surface area contributed by atoms with Gasteiger partial charge in [-0.25, -0.2) is 8.42 Å². The zero-order valence-electron chi connectivity index (χ0n) is 21.9. The first-order chi connectivity index (χ1) is 18.0. The Morgan fingerprint density at radius 2 is 1.26 bits per heavy atom. The largest absolute Gasteiger partial charge is 0.457 e. The standard InChI is InChI=1S/C28H32N2O6S2/c1-5-29(6-2)19-9-12-22-25(15-19)36-26-16-20(30(7-3)8-4)10-13-23(26)28(22)18-37(31,32)27-17-21(38(33,34)35)11-14-24(27)28/h9-17H,5-8,18H2,1-4H3,(H,33,34,35). The summed E-state index contributed by atoms with van der Waals surface area (Å²) in [4.78, 5) is 3.84. The Kier molecular flexibility index (Phi) is 6.48. The Morgan fingerprint density at radius 3 is 1.71 bits per heavy atom. The summed E-state index contributed by atoms with van der Waals surface area (Å²) in [5.41, 5.74) is 2.72. The normalized spacial score (nSPS) is 16.3. The van der Waals surface area contributed by atoms with Gasteiger partial charge in [-0.05, 0) is 57.5 Å². The van der Waals surface area contributed by atoms with Crippen LogP contribution >= 0.6 is 0 Å². The molecule has 38 heavy (non-hydrogen) atoms. The third-order valence-corrected chi connectivity index (χ3v) is 10.4. The molecular weight excluding hydrogens is 524 g/mol. The van der Waals surface area contributed by atoms with Crippen molar-refractivity contribution in [1.29, 1.82) is 0 Å². The third-order valence-electron chi connectivity index (χ3n) is 7.78. The zero-order valence-corrected chi connectivity index (χ0v) is 23.6. The predicted molar refractivity (Wildman–Crippen MR) is 148 cm³/mol. The van der Waals surface area contributed by atoms with E-state index in [0.29, 0.717) is 28.2 Å². The average molecular weight is 557 g/mol. The zero-order chi connectivity index (χ0) is 27.5. The fraction of sp³-hybridized carbons (Fsp3) is 0.357. The number of anilines is 2. The molecule has 5 rings (SSSR count). The molecule has 1 spiro atoms. The molecule has 202 valence electrons. The Labute approximate surface area is 224 Å². The van der Waals surface area contributed by atoms with Crippen LogP contribution in [0.15, 0.2) is 64.4 Å². The average Bonchev–Trinajstić information content (AvgIpc) is 3.12.